The fourth-order valence-corrected chi connectivity index (χ4v) is 2.44. The molecular formula is C9H8BrN3S. The second-order valence-electron chi connectivity index (χ2n) is 2.67. The van der Waals surface area contributed by atoms with Crippen molar-refractivity contribution >= 4 is 27.3 Å². The van der Waals surface area contributed by atoms with Gasteiger partial charge in [-0.2, -0.15) is 0 Å². The molecular weight excluding hydrogens is 262 g/mol. The molecule has 0 aliphatic carbocycles. The first-order valence-electron chi connectivity index (χ1n) is 4.07. The molecule has 0 fully saturated rings. The zero-order valence-corrected chi connectivity index (χ0v) is 9.68. The summed E-state index contributed by atoms with van der Waals surface area (Å²) in [4.78, 5) is 9.49. The molecule has 0 atom stereocenters. The highest BCUT2D eigenvalue weighted by Crippen LogP contribution is 2.29. The van der Waals surface area contributed by atoms with Crippen molar-refractivity contribution in [2.75, 3.05) is 0 Å². The van der Waals surface area contributed by atoms with Gasteiger partial charge in [0.2, 0.25) is 0 Å². The molecule has 2 aromatic rings. The third-order valence-electron chi connectivity index (χ3n) is 1.71. The first-order valence-corrected chi connectivity index (χ1v) is 5.68. The van der Waals surface area contributed by atoms with Gasteiger partial charge in [-0.3, -0.25) is 0 Å². The molecule has 3 nitrogen and oxygen atoms in total. The van der Waals surface area contributed by atoms with Gasteiger partial charge in [0.15, 0.2) is 0 Å². The first-order chi connectivity index (χ1) is 6.79. The molecule has 2 N–H and O–H groups in total. The number of rotatable bonds is 2. The Morgan fingerprint density at radius 1 is 1.36 bits per heavy atom. The second kappa shape index (κ2) is 4.16. The highest BCUT2D eigenvalue weighted by atomic mass is 79.9. The van der Waals surface area contributed by atoms with Crippen molar-refractivity contribution in [1.29, 1.82) is 0 Å². The summed E-state index contributed by atoms with van der Waals surface area (Å²) in [6.45, 7) is 0.375. The molecule has 0 radical (unpaired) electrons. The number of halogens is 1. The summed E-state index contributed by atoms with van der Waals surface area (Å²) in [6.07, 6.45) is 1.73. The van der Waals surface area contributed by atoms with E-state index in [1.165, 1.54) is 0 Å². The molecule has 0 saturated heterocycles. The molecule has 14 heavy (non-hydrogen) atoms. The van der Waals surface area contributed by atoms with E-state index in [9.17, 15) is 0 Å². The molecule has 0 spiro atoms. The van der Waals surface area contributed by atoms with Crippen LogP contribution in [0.1, 0.15) is 5.82 Å². The molecule has 0 saturated carbocycles. The summed E-state index contributed by atoms with van der Waals surface area (Å²) in [5.41, 5.74) is 6.40. The van der Waals surface area contributed by atoms with Crippen LogP contribution in [0.2, 0.25) is 0 Å². The van der Waals surface area contributed by atoms with Gasteiger partial charge in [-0.05, 0) is 34.1 Å². The van der Waals surface area contributed by atoms with Gasteiger partial charge in [0, 0.05) is 6.20 Å². The lowest BCUT2D eigenvalue weighted by atomic mass is 10.3. The maximum absolute atomic E-state index is 5.47. The molecule has 0 amide bonds. The molecule has 2 aromatic heterocycles. The SMILES string of the molecule is NCc1nccc(-c2ccc(Br)s2)n1. The third-order valence-corrected chi connectivity index (χ3v) is 3.36. The Morgan fingerprint density at radius 3 is 2.86 bits per heavy atom. The Balaban J connectivity index is 2.41. The van der Waals surface area contributed by atoms with Gasteiger partial charge in [0.25, 0.3) is 0 Å². The van der Waals surface area contributed by atoms with Crippen molar-refractivity contribution < 1.29 is 0 Å². The van der Waals surface area contributed by atoms with Crippen molar-refractivity contribution in [3.63, 3.8) is 0 Å². The summed E-state index contributed by atoms with van der Waals surface area (Å²) < 4.78 is 1.10. The van der Waals surface area contributed by atoms with Crippen LogP contribution in [-0.2, 0) is 6.54 Å². The van der Waals surface area contributed by atoms with Crippen LogP contribution in [0.15, 0.2) is 28.2 Å². The molecule has 0 unspecified atom stereocenters. The van der Waals surface area contributed by atoms with Gasteiger partial charge in [-0.1, -0.05) is 0 Å². The van der Waals surface area contributed by atoms with Gasteiger partial charge in [0.05, 0.1) is 20.9 Å². The van der Waals surface area contributed by atoms with E-state index in [4.69, 9.17) is 5.73 Å². The van der Waals surface area contributed by atoms with Crippen LogP contribution in [-0.4, -0.2) is 9.97 Å². The number of nitrogens with zero attached hydrogens (tertiary/aromatic N) is 2. The number of hydrogen-bond acceptors (Lipinski definition) is 4. The van der Waals surface area contributed by atoms with Crippen molar-refractivity contribution in [3.05, 3.63) is 34.0 Å². The van der Waals surface area contributed by atoms with E-state index in [2.05, 4.69) is 25.9 Å². The Labute approximate surface area is 94.1 Å². The fourth-order valence-electron chi connectivity index (χ4n) is 1.09. The van der Waals surface area contributed by atoms with Crippen LogP contribution in [0.4, 0.5) is 0 Å². The summed E-state index contributed by atoms with van der Waals surface area (Å²) in [6, 6.07) is 5.92. The minimum Gasteiger partial charge on any atom is -0.324 e. The standard InChI is InChI=1S/C9H8BrN3S/c10-8-2-1-7(14-8)6-3-4-12-9(5-11)13-6/h1-4H,5,11H2. The van der Waals surface area contributed by atoms with Crippen molar-refractivity contribution in [2.24, 2.45) is 5.73 Å². The third kappa shape index (κ3) is 2.00. The Morgan fingerprint density at radius 2 is 2.21 bits per heavy atom. The van der Waals surface area contributed by atoms with Crippen LogP contribution < -0.4 is 5.73 Å². The Bertz CT molecular complexity index is 441. The minimum atomic E-state index is 0.375. The van der Waals surface area contributed by atoms with Crippen LogP contribution >= 0.6 is 27.3 Å². The highest BCUT2D eigenvalue weighted by molar-refractivity contribution is 9.11. The molecule has 0 bridgehead atoms. The predicted octanol–water partition coefficient (Wildman–Crippen LogP) is 2.43. The van der Waals surface area contributed by atoms with Gasteiger partial charge < -0.3 is 5.73 Å². The number of nitrogens with two attached hydrogens (primary N) is 1. The van der Waals surface area contributed by atoms with Crippen LogP contribution in [0.25, 0.3) is 10.6 Å². The molecule has 2 rings (SSSR count). The average molecular weight is 270 g/mol. The van der Waals surface area contributed by atoms with E-state index in [1.54, 1.807) is 17.5 Å². The molecule has 0 aromatic carbocycles. The van der Waals surface area contributed by atoms with Crippen LogP contribution in [0.3, 0.4) is 0 Å². The monoisotopic (exact) mass is 269 g/mol. The van der Waals surface area contributed by atoms with Crippen molar-refractivity contribution in [3.8, 4) is 10.6 Å². The van der Waals surface area contributed by atoms with Gasteiger partial charge in [0.1, 0.15) is 5.82 Å². The Kier molecular flexibility index (Phi) is 2.90. The molecule has 0 aliphatic rings. The summed E-state index contributed by atoms with van der Waals surface area (Å²) in [5.74, 6) is 0.673. The Hall–Kier alpha value is -0.780. The van der Waals surface area contributed by atoms with Crippen LogP contribution in [0.5, 0.6) is 0 Å². The van der Waals surface area contributed by atoms with E-state index >= 15 is 0 Å². The van der Waals surface area contributed by atoms with Gasteiger partial charge in [-0.25, -0.2) is 9.97 Å². The number of hydrogen-bond donors (Lipinski definition) is 1. The van der Waals surface area contributed by atoms with E-state index in [-0.39, 0.29) is 0 Å². The van der Waals surface area contributed by atoms with Crippen LogP contribution in [0, 0.1) is 0 Å². The van der Waals surface area contributed by atoms with Crippen molar-refractivity contribution in [2.45, 2.75) is 6.54 Å². The van der Waals surface area contributed by atoms with Crippen molar-refractivity contribution in [1.82, 2.24) is 9.97 Å². The second-order valence-corrected chi connectivity index (χ2v) is 5.13. The number of thiophene rings is 1. The lowest BCUT2D eigenvalue weighted by Gasteiger charge is -1.98. The topological polar surface area (TPSA) is 51.8 Å². The largest absolute Gasteiger partial charge is 0.324 e. The predicted molar refractivity (Wildman–Crippen MR) is 60.9 cm³/mol. The molecule has 5 heteroatoms. The zero-order valence-electron chi connectivity index (χ0n) is 7.27. The molecule has 72 valence electrons. The average Bonchev–Trinajstić information content (AvgIpc) is 2.65. The molecule has 2 heterocycles. The number of aromatic nitrogens is 2. The summed E-state index contributed by atoms with van der Waals surface area (Å²) in [7, 11) is 0. The smallest absolute Gasteiger partial charge is 0.142 e. The first kappa shape index (κ1) is 9.76. The summed E-state index contributed by atoms with van der Waals surface area (Å²) in [5, 5.41) is 0. The lowest BCUT2D eigenvalue weighted by Crippen LogP contribution is -2.02. The van der Waals surface area contributed by atoms with E-state index in [0.29, 0.717) is 12.4 Å². The fraction of sp³-hybridized carbons (Fsp3) is 0.111. The quantitative estimate of drug-likeness (QED) is 0.911. The maximum Gasteiger partial charge on any atom is 0.142 e. The van der Waals surface area contributed by atoms with E-state index in [1.807, 2.05) is 18.2 Å². The summed E-state index contributed by atoms with van der Waals surface area (Å²) >= 11 is 5.06. The van der Waals surface area contributed by atoms with E-state index < -0.39 is 0 Å². The van der Waals surface area contributed by atoms with Gasteiger partial charge in [-0.15, -0.1) is 11.3 Å². The molecule has 0 aliphatic heterocycles. The normalized spacial score (nSPS) is 10.4. The zero-order chi connectivity index (χ0) is 9.97. The van der Waals surface area contributed by atoms with E-state index in [0.717, 1.165) is 14.4 Å². The maximum atomic E-state index is 5.47. The minimum absolute atomic E-state index is 0.375. The van der Waals surface area contributed by atoms with Gasteiger partial charge >= 0.3 is 0 Å². The highest BCUT2D eigenvalue weighted by Gasteiger charge is 2.03. The lowest BCUT2D eigenvalue weighted by molar-refractivity contribution is 0.913.